The van der Waals surface area contributed by atoms with Crippen LogP contribution in [-0.4, -0.2) is 36.5 Å². The van der Waals surface area contributed by atoms with Crippen molar-refractivity contribution in [2.45, 2.75) is 0 Å². The maximum absolute atomic E-state index is 12.2. The number of ether oxygens (including phenoxy) is 2. The third kappa shape index (κ3) is 5.24. The number of hydrogen-bond donors (Lipinski definition) is 2. The molecule has 7 nitrogen and oxygen atoms in total. The number of hydrogen-bond acceptors (Lipinski definition) is 5. The summed E-state index contributed by atoms with van der Waals surface area (Å²) >= 11 is 6.10. The van der Waals surface area contributed by atoms with Crippen molar-refractivity contribution in [2.75, 3.05) is 14.2 Å². The highest BCUT2D eigenvalue weighted by atomic mass is 35.5. The number of hydrazone groups is 1. The molecule has 3 aromatic rings. The van der Waals surface area contributed by atoms with Crippen LogP contribution < -0.4 is 14.9 Å². The molecule has 2 aromatic carbocycles. The Morgan fingerprint density at radius 2 is 1.86 bits per heavy atom. The quantitative estimate of drug-likeness (QED) is 0.453. The average molecular weight is 411 g/mol. The molecule has 29 heavy (non-hydrogen) atoms. The molecule has 2 N–H and O–H groups in total. The van der Waals surface area contributed by atoms with Gasteiger partial charge in [-0.3, -0.25) is 9.89 Å². The summed E-state index contributed by atoms with van der Waals surface area (Å²) in [6.07, 6.45) is 3.10. The molecule has 1 heterocycles. The molecule has 8 heteroatoms. The van der Waals surface area contributed by atoms with Gasteiger partial charge in [0.2, 0.25) is 0 Å². The Morgan fingerprint density at radius 1 is 1.10 bits per heavy atom. The van der Waals surface area contributed by atoms with Crippen molar-refractivity contribution in [1.29, 1.82) is 0 Å². The maximum Gasteiger partial charge on any atom is 0.289 e. The summed E-state index contributed by atoms with van der Waals surface area (Å²) in [5.41, 5.74) is 4.96. The lowest BCUT2D eigenvalue weighted by atomic mass is 10.1. The van der Waals surface area contributed by atoms with Crippen molar-refractivity contribution >= 4 is 29.8 Å². The van der Waals surface area contributed by atoms with Crippen LogP contribution in [0.5, 0.6) is 11.5 Å². The number of nitrogens with one attached hydrogen (secondary N) is 2. The van der Waals surface area contributed by atoms with Crippen LogP contribution in [-0.2, 0) is 0 Å². The van der Waals surface area contributed by atoms with Crippen molar-refractivity contribution in [3.8, 4) is 22.8 Å². The van der Waals surface area contributed by atoms with E-state index in [-0.39, 0.29) is 5.69 Å². The molecule has 0 saturated heterocycles. The molecule has 0 saturated carbocycles. The topological polar surface area (TPSA) is 88.6 Å². The van der Waals surface area contributed by atoms with Crippen LogP contribution in [0, 0.1) is 0 Å². The SMILES string of the molecule is COc1ccc(-c2cc(C(=O)N/N=C/C(Cl)=C/c3ccccc3)[nH]n2)cc1OC. The fraction of sp³-hybridized carbons (Fsp3) is 0.0952. The number of aromatic nitrogens is 2. The van der Waals surface area contributed by atoms with E-state index in [2.05, 4.69) is 20.7 Å². The number of H-pyrrole nitrogens is 1. The van der Waals surface area contributed by atoms with Gasteiger partial charge in [0.15, 0.2) is 11.5 Å². The highest BCUT2D eigenvalue weighted by Gasteiger charge is 2.12. The molecule has 0 bridgehead atoms. The molecule has 0 unspecified atom stereocenters. The van der Waals surface area contributed by atoms with Crippen molar-refractivity contribution in [3.05, 3.63) is 70.9 Å². The molecule has 0 radical (unpaired) electrons. The van der Waals surface area contributed by atoms with Crippen molar-refractivity contribution in [1.82, 2.24) is 15.6 Å². The molecule has 3 rings (SSSR count). The summed E-state index contributed by atoms with van der Waals surface area (Å²) in [7, 11) is 3.12. The summed E-state index contributed by atoms with van der Waals surface area (Å²) < 4.78 is 10.5. The molecule has 0 spiro atoms. The van der Waals surface area contributed by atoms with E-state index >= 15 is 0 Å². The Balaban J connectivity index is 1.66. The van der Waals surface area contributed by atoms with Crippen LogP contribution in [0.25, 0.3) is 17.3 Å². The Morgan fingerprint density at radius 3 is 2.59 bits per heavy atom. The Hall–Kier alpha value is -3.58. The van der Waals surface area contributed by atoms with E-state index in [0.717, 1.165) is 11.1 Å². The third-order valence-corrected chi connectivity index (χ3v) is 4.17. The Bertz CT molecular complexity index is 1050. The van der Waals surface area contributed by atoms with Crippen LogP contribution in [0.1, 0.15) is 16.1 Å². The van der Waals surface area contributed by atoms with E-state index in [1.54, 1.807) is 38.5 Å². The van der Waals surface area contributed by atoms with Gasteiger partial charge in [-0.2, -0.15) is 10.2 Å². The van der Waals surface area contributed by atoms with Gasteiger partial charge in [0.25, 0.3) is 5.91 Å². The van der Waals surface area contributed by atoms with E-state index in [4.69, 9.17) is 21.1 Å². The second kappa shape index (κ2) is 9.57. The minimum atomic E-state index is -0.440. The molecule has 1 amide bonds. The molecule has 0 aliphatic heterocycles. The van der Waals surface area contributed by atoms with Crippen molar-refractivity contribution < 1.29 is 14.3 Å². The minimum absolute atomic E-state index is 0.259. The van der Waals surface area contributed by atoms with Gasteiger partial charge in [0.05, 0.1) is 31.2 Å². The van der Waals surface area contributed by atoms with Gasteiger partial charge in [-0.25, -0.2) is 5.43 Å². The molecule has 148 valence electrons. The number of methoxy groups -OCH3 is 2. The number of amides is 1. The summed E-state index contributed by atoms with van der Waals surface area (Å²) in [6, 6.07) is 16.5. The zero-order valence-electron chi connectivity index (χ0n) is 15.8. The maximum atomic E-state index is 12.2. The van der Waals surface area contributed by atoms with E-state index < -0.39 is 5.91 Å². The zero-order valence-corrected chi connectivity index (χ0v) is 16.6. The number of aromatic amines is 1. The van der Waals surface area contributed by atoms with Gasteiger partial charge < -0.3 is 9.47 Å². The molecular formula is C21H19ClN4O3. The van der Waals surface area contributed by atoms with Crippen LogP contribution in [0.3, 0.4) is 0 Å². The highest BCUT2D eigenvalue weighted by molar-refractivity contribution is 6.41. The highest BCUT2D eigenvalue weighted by Crippen LogP contribution is 2.31. The first-order valence-electron chi connectivity index (χ1n) is 8.64. The second-order valence-electron chi connectivity index (χ2n) is 5.88. The van der Waals surface area contributed by atoms with Gasteiger partial charge in [-0.05, 0) is 35.9 Å². The third-order valence-electron chi connectivity index (χ3n) is 3.96. The minimum Gasteiger partial charge on any atom is -0.493 e. The molecular weight excluding hydrogens is 392 g/mol. The van der Waals surface area contributed by atoms with Crippen molar-refractivity contribution in [3.63, 3.8) is 0 Å². The molecule has 1 aromatic heterocycles. The predicted octanol–water partition coefficient (Wildman–Crippen LogP) is 4.09. The standard InChI is InChI=1S/C21H19ClN4O3/c1-28-19-9-8-15(11-20(19)29-2)17-12-18(25-24-17)21(27)26-23-13-16(22)10-14-6-4-3-5-7-14/h3-13H,1-2H3,(H,24,25)(H,26,27)/b16-10-,23-13+. The fourth-order valence-corrected chi connectivity index (χ4v) is 2.71. The molecule has 0 aliphatic carbocycles. The molecule has 0 fully saturated rings. The van der Waals surface area contributed by atoms with Gasteiger partial charge >= 0.3 is 0 Å². The lowest BCUT2D eigenvalue weighted by molar-refractivity contribution is 0.0950. The first-order valence-corrected chi connectivity index (χ1v) is 9.02. The smallest absolute Gasteiger partial charge is 0.289 e. The first-order chi connectivity index (χ1) is 14.1. The number of nitrogens with zero attached hydrogens (tertiary/aromatic N) is 2. The fourth-order valence-electron chi connectivity index (χ4n) is 2.54. The van der Waals surface area contributed by atoms with Gasteiger partial charge in [-0.1, -0.05) is 41.9 Å². The van der Waals surface area contributed by atoms with Crippen LogP contribution in [0.4, 0.5) is 0 Å². The first kappa shape index (κ1) is 20.2. The summed E-state index contributed by atoms with van der Waals surface area (Å²) in [5.74, 6) is 0.743. The van der Waals surface area contributed by atoms with Gasteiger partial charge in [0.1, 0.15) is 5.69 Å². The van der Waals surface area contributed by atoms with E-state index in [0.29, 0.717) is 22.2 Å². The van der Waals surface area contributed by atoms with E-state index in [1.165, 1.54) is 6.21 Å². The Labute approximate surface area is 173 Å². The van der Waals surface area contributed by atoms with Crippen LogP contribution >= 0.6 is 11.6 Å². The van der Waals surface area contributed by atoms with Crippen LogP contribution in [0.2, 0.25) is 0 Å². The summed E-state index contributed by atoms with van der Waals surface area (Å²) in [6.45, 7) is 0. The second-order valence-corrected chi connectivity index (χ2v) is 6.31. The lowest BCUT2D eigenvalue weighted by Gasteiger charge is -2.08. The van der Waals surface area contributed by atoms with Crippen molar-refractivity contribution in [2.24, 2.45) is 5.10 Å². The normalized spacial score (nSPS) is 11.5. The largest absolute Gasteiger partial charge is 0.493 e. The molecule has 0 aliphatic rings. The van der Waals surface area contributed by atoms with Gasteiger partial charge in [-0.15, -0.1) is 0 Å². The van der Waals surface area contributed by atoms with Gasteiger partial charge in [0, 0.05) is 5.56 Å². The number of allylic oxidation sites excluding steroid dienone is 1. The lowest BCUT2D eigenvalue weighted by Crippen LogP contribution is -2.17. The summed E-state index contributed by atoms with van der Waals surface area (Å²) in [5, 5.41) is 11.1. The monoisotopic (exact) mass is 410 g/mol. The number of carbonyl (C=O) groups excluding carboxylic acids is 1. The Kier molecular flexibility index (Phi) is 6.65. The van der Waals surface area contributed by atoms with E-state index in [1.807, 2.05) is 36.4 Å². The number of carbonyl (C=O) groups is 1. The average Bonchev–Trinajstić information content (AvgIpc) is 3.24. The summed E-state index contributed by atoms with van der Waals surface area (Å²) in [4.78, 5) is 12.2. The number of benzene rings is 2. The predicted molar refractivity (Wildman–Crippen MR) is 113 cm³/mol. The number of halogens is 1. The van der Waals surface area contributed by atoms with E-state index in [9.17, 15) is 4.79 Å². The van der Waals surface area contributed by atoms with Crippen LogP contribution in [0.15, 0.2) is 64.7 Å². The molecule has 0 atom stereocenters. The number of rotatable bonds is 7. The zero-order chi connectivity index (χ0) is 20.6.